The summed E-state index contributed by atoms with van der Waals surface area (Å²) in [5, 5.41) is 12.3. The number of amides is 3. The van der Waals surface area contributed by atoms with Crippen LogP contribution in [-0.2, 0) is 20.9 Å². The molecular formula is C22H23ClN6O4S. The van der Waals surface area contributed by atoms with E-state index in [0.29, 0.717) is 34.0 Å². The molecule has 3 rings (SSSR count). The van der Waals surface area contributed by atoms with E-state index < -0.39 is 11.8 Å². The zero-order valence-electron chi connectivity index (χ0n) is 18.5. The van der Waals surface area contributed by atoms with Gasteiger partial charge in [0, 0.05) is 29.7 Å². The number of nitrogens with one attached hydrogen (secondary N) is 3. The molecule has 34 heavy (non-hydrogen) atoms. The lowest BCUT2D eigenvalue weighted by Gasteiger charge is -2.10. The first-order valence-corrected chi connectivity index (χ1v) is 11.6. The second-order valence-electron chi connectivity index (χ2n) is 6.94. The summed E-state index contributed by atoms with van der Waals surface area (Å²) in [4.78, 5) is 35.2. The Morgan fingerprint density at radius 2 is 1.68 bits per heavy atom. The number of aromatic nitrogens is 3. The highest BCUT2D eigenvalue weighted by molar-refractivity contribution is 7.99. The normalized spacial score (nSPS) is 10.4. The van der Waals surface area contributed by atoms with Crippen molar-refractivity contribution >= 4 is 46.8 Å². The van der Waals surface area contributed by atoms with E-state index in [9.17, 15) is 14.4 Å². The second kappa shape index (κ2) is 12.1. The van der Waals surface area contributed by atoms with Crippen LogP contribution in [0.4, 0.5) is 5.69 Å². The van der Waals surface area contributed by atoms with Gasteiger partial charge in [0.05, 0.1) is 5.75 Å². The predicted molar refractivity (Wildman–Crippen MR) is 129 cm³/mol. The molecule has 12 heteroatoms. The fourth-order valence-corrected chi connectivity index (χ4v) is 3.75. The third-order valence-corrected chi connectivity index (χ3v) is 5.57. The van der Waals surface area contributed by atoms with Crippen LogP contribution in [0, 0.1) is 0 Å². The van der Waals surface area contributed by atoms with Gasteiger partial charge >= 0.3 is 0 Å². The van der Waals surface area contributed by atoms with Crippen LogP contribution < -0.4 is 20.9 Å². The Kier molecular flexibility index (Phi) is 8.88. The average Bonchev–Trinajstić information content (AvgIpc) is 3.24. The van der Waals surface area contributed by atoms with Crippen molar-refractivity contribution in [2.45, 2.75) is 25.5 Å². The molecule has 0 aliphatic rings. The molecule has 178 valence electrons. The van der Waals surface area contributed by atoms with Gasteiger partial charge in [0.25, 0.3) is 5.91 Å². The number of nitrogens with zero attached hydrogens (tertiary/aromatic N) is 3. The van der Waals surface area contributed by atoms with Gasteiger partial charge in [-0.1, -0.05) is 23.4 Å². The summed E-state index contributed by atoms with van der Waals surface area (Å²) in [6, 6.07) is 13.8. The number of benzene rings is 2. The molecule has 1 heterocycles. The van der Waals surface area contributed by atoms with E-state index in [0.717, 1.165) is 5.56 Å². The molecule has 0 unspecified atom stereocenters. The van der Waals surface area contributed by atoms with Crippen molar-refractivity contribution in [1.82, 2.24) is 25.6 Å². The minimum Gasteiger partial charge on any atom is -0.484 e. The molecule has 3 aromatic rings. The monoisotopic (exact) mass is 502 g/mol. The van der Waals surface area contributed by atoms with Crippen molar-refractivity contribution in [3.05, 3.63) is 53.6 Å². The Morgan fingerprint density at radius 3 is 2.32 bits per heavy atom. The number of hydrogen-bond donors (Lipinski definition) is 3. The molecule has 10 nitrogen and oxygen atoms in total. The zero-order chi connectivity index (χ0) is 24.5. The number of hydrogen-bond acceptors (Lipinski definition) is 7. The first kappa shape index (κ1) is 25.1. The van der Waals surface area contributed by atoms with Crippen molar-refractivity contribution in [3.63, 3.8) is 0 Å². The Labute approximate surface area is 205 Å². The lowest BCUT2D eigenvalue weighted by atomic mass is 10.2. The molecule has 0 spiro atoms. The Bertz CT molecular complexity index is 1150. The molecule has 3 amide bonds. The molecule has 0 saturated heterocycles. The van der Waals surface area contributed by atoms with E-state index >= 15 is 0 Å². The standard InChI is InChI=1S/C22H23ClN6O4S/c1-3-29-21(15-4-8-17(9-5-15)24-14(2)30)27-28-22(29)34-13-20(32)26-25-19(31)12-33-18-10-6-16(23)7-11-18/h4-11H,3,12-13H2,1-2H3,(H,24,30)(H,25,31)(H,26,32). The van der Waals surface area contributed by atoms with Crippen molar-refractivity contribution < 1.29 is 19.1 Å². The molecule has 0 aliphatic carbocycles. The van der Waals surface area contributed by atoms with Crippen molar-refractivity contribution in [1.29, 1.82) is 0 Å². The highest BCUT2D eigenvalue weighted by Gasteiger charge is 2.15. The third-order valence-electron chi connectivity index (χ3n) is 4.35. The molecule has 2 aromatic carbocycles. The average molecular weight is 503 g/mol. The van der Waals surface area contributed by atoms with E-state index in [1.54, 1.807) is 36.4 Å². The Morgan fingerprint density at radius 1 is 1.00 bits per heavy atom. The Hall–Kier alpha value is -3.57. The predicted octanol–water partition coefficient (Wildman–Crippen LogP) is 2.90. The smallest absolute Gasteiger partial charge is 0.276 e. The third kappa shape index (κ3) is 7.22. The van der Waals surface area contributed by atoms with Crippen LogP contribution in [0.1, 0.15) is 13.8 Å². The van der Waals surface area contributed by atoms with E-state index in [4.69, 9.17) is 16.3 Å². The summed E-state index contributed by atoms with van der Waals surface area (Å²) in [5.41, 5.74) is 6.16. The van der Waals surface area contributed by atoms with Gasteiger partial charge in [0.1, 0.15) is 5.75 Å². The van der Waals surface area contributed by atoms with E-state index in [2.05, 4.69) is 26.4 Å². The van der Waals surface area contributed by atoms with Crippen molar-refractivity contribution in [2.75, 3.05) is 17.7 Å². The Balaban J connectivity index is 1.48. The maximum absolute atomic E-state index is 12.1. The highest BCUT2D eigenvalue weighted by atomic mass is 35.5. The van der Waals surface area contributed by atoms with Crippen molar-refractivity contribution in [3.8, 4) is 17.1 Å². The van der Waals surface area contributed by atoms with E-state index in [-0.39, 0.29) is 18.3 Å². The first-order chi connectivity index (χ1) is 16.4. The van der Waals surface area contributed by atoms with Crippen LogP contribution in [0.3, 0.4) is 0 Å². The lowest BCUT2D eigenvalue weighted by molar-refractivity contribution is -0.128. The zero-order valence-corrected chi connectivity index (χ0v) is 20.1. The van der Waals surface area contributed by atoms with Crippen LogP contribution in [0.2, 0.25) is 5.02 Å². The summed E-state index contributed by atoms with van der Waals surface area (Å²) in [5.74, 6) is 0.101. The van der Waals surface area contributed by atoms with Gasteiger partial charge in [-0.15, -0.1) is 10.2 Å². The highest BCUT2D eigenvalue weighted by Crippen LogP contribution is 2.25. The van der Waals surface area contributed by atoms with Crippen molar-refractivity contribution in [2.24, 2.45) is 0 Å². The summed E-state index contributed by atoms with van der Waals surface area (Å²) >= 11 is 6.99. The topological polar surface area (TPSA) is 127 Å². The number of ether oxygens (including phenoxy) is 1. The van der Waals surface area contributed by atoms with Gasteiger partial charge < -0.3 is 14.6 Å². The minimum absolute atomic E-state index is 0.0257. The maximum atomic E-state index is 12.1. The number of hydrazine groups is 1. The fraction of sp³-hybridized carbons (Fsp3) is 0.227. The summed E-state index contributed by atoms with van der Waals surface area (Å²) in [6.07, 6.45) is 0. The summed E-state index contributed by atoms with van der Waals surface area (Å²) in [6.45, 7) is 3.73. The molecule has 0 aliphatic heterocycles. The summed E-state index contributed by atoms with van der Waals surface area (Å²) in [7, 11) is 0. The van der Waals surface area contributed by atoms with E-state index in [1.807, 2.05) is 23.6 Å². The fourth-order valence-electron chi connectivity index (χ4n) is 2.82. The van der Waals surface area contributed by atoms with E-state index in [1.165, 1.54) is 18.7 Å². The molecule has 3 N–H and O–H groups in total. The second-order valence-corrected chi connectivity index (χ2v) is 8.32. The van der Waals surface area contributed by atoms with Gasteiger partial charge in [-0.2, -0.15) is 0 Å². The lowest BCUT2D eigenvalue weighted by Crippen LogP contribution is -2.44. The number of carbonyl (C=O) groups excluding carboxylic acids is 3. The number of thioether (sulfide) groups is 1. The van der Waals surface area contributed by atoms with Crippen LogP contribution in [0.15, 0.2) is 53.7 Å². The quantitative estimate of drug-likeness (QED) is 0.303. The molecular weight excluding hydrogens is 480 g/mol. The van der Waals surface area contributed by atoms with Gasteiger partial charge in [0.15, 0.2) is 17.6 Å². The minimum atomic E-state index is -0.505. The van der Waals surface area contributed by atoms with Crippen LogP contribution in [0.25, 0.3) is 11.4 Å². The number of halogens is 1. The molecule has 0 radical (unpaired) electrons. The number of rotatable bonds is 9. The molecule has 0 fully saturated rings. The van der Waals surface area contributed by atoms with Crippen LogP contribution >= 0.6 is 23.4 Å². The molecule has 1 aromatic heterocycles. The van der Waals surface area contributed by atoms with Crippen LogP contribution in [-0.4, -0.2) is 44.8 Å². The number of carbonyl (C=O) groups is 3. The number of anilines is 1. The largest absolute Gasteiger partial charge is 0.484 e. The molecule has 0 bridgehead atoms. The first-order valence-electron chi connectivity index (χ1n) is 10.3. The van der Waals surface area contributed by atoms with Gasteiger partial charge in [-0.25, -0.2) is 0 Å². The summed E-state index contributed by atoms with van der Waals surface area (Å²) < 4.78 is 7.20. The van der Waals surface area contributed by atoms with Gasteiger partial charge in [-0.3, -0.25) is 25.2 Å². The van der Waals surface area contributed by atoms with Gasteiger partial charge in [-0.05, 0) is 55.5 Å². The maximum Gasteiger partial charge on any atom is 0.276 e. The van der Waals surface area contributed by atoms with Gasteiger partial charge in [0.2, 0.25) is 11.8 Å². The SMILES string of the molecule is CCn1c(SCC(=O)NNC(=O)COc2ccc(Cl)cc2)nnc1-c1ccc(NC(C)=O)cc1. The molecule has 0 saturated carbocycles. The molecule has 0 atom stereocenters. The van der Waals surface area contributed by atoms with Crippen LogP contribution in [0.5, 0.6) is 5.75 Å².